The zero-order chi connectivity index (χ0) is 12.9. The van der Waals surface area contributed by atoms with Crippen LogP contribution < -0.4 is 5.32 Å². The van der Waals surface area contributed by atoms with Gasteiger partial charge in [0.15, 0.2) is 0 Å². The molecule has 1 N–H and O–H groups in total. The fraction of sp³-hybridized carbons (Fsp3) is 0.538. The summed E-state index contributed by atoms with van der Waals surface area (Å²) in [6.45, 7) is 8.41. The molecule has 0 spiro atoms. The van der Waals surface area contributed by atoms with Crippen molar-refractivity contribution >= 4 is 23.2 Å². The highest BCUT2D eigenvalue weighted by Crippen LogP contribution is 2.22. The minimum Gasteiger partial charge on any atom is -0.375 e. The fourth-order valence-electron chi connectivity index (χ4n) is 1.60. The molecular formula is C13H19Cl2NO. The maximum Gasteiger partial charge on any atom is 0.0750 e. The molecule has 2 nitrogen and oxygen atoms in total. The van der Waals surface area contributed by atoms with Crippen LogP contribution >= 0.6 is 23.2 Å². The third-order valence-corrected chi connectivity index (χ3v) is 3.14. The quantitative estimate of drug-likeness (QED) is 0.850. The number of rotatable bonds is 6. The van der Waals surface area contributed by atoms with Crippen molar-refractivity contribution in [2.75, 3.05) is 13.2 Å². The molecule has 96 valence electrons. The van der Waals surface area contributed by atoms with E-state index in [2.05, 4.69) is 19.2 Å². The predicted octanol–water partition coefficient (Wildman–Crippen LogP) is 3.90. The van der Waals surface area contributed by atoms with Crippen LogP contribution in [0.4, 0.5) is 0 Å². The van der Waals surface area contributed by atoms with Crippen LogP contribution in [0.1, 0.15) is 26.3 Å². The Balaban J connectivity index is 2.43. The summed E-state index contributed by atoms with van der Waals surface area (Å²) in [5.41, 5.74) is 0.969. The number of ether oxygens (including phenoxy) is 1. The third-order valence-electron chi connectivity index (χ3n) is 2.40. The van der Waals surface area contributed by atoms with E-state index in [1.54, 1.807) is 0 Å². The molecule has 0 aliphatic rings. The minimum absolute atomic E-state index is 0.148. The summed E-state index contributed by atoms with van der Waals surface area (Å²) in [6.07, 6.45) is 0. The van der Waals surface area contributed by atoms with E-state index >= 15 is 0 Å². The van der Waals surface area contributed by atoms with Gasteiger partial charge >= 0.3 is 0 Å². The maximum absolute atomic E-state index is 5.95. The number of nitrogens with one attached hydrogen (secondary N) is 1. The van der Waals surface area contributed by atoms with Gasteiger partial charge in [0.1, 0.15) is 0 Å². The number of halogens is 2. The third kappa shape index (κ3) is 5.26. The lowest BCUT2D eigenvalue weighted by atomic mass is 10.1. The summed E-state index contributed by atoms with van der Waals surface area (Å²) < 4.78 is 5.60. The van der Waals surface area contributed by atoms with E-state index in [4.69, 9.17) is 27.9 Å². The number of benzene rings is 1. The lowest BCUT2D eigenvalue weighted by Gasteiger charge is -2.25. The van der Waals surface area contributed by atoms with Crippen LogP contribution in [0.25, 0.3) is 0 Å². The zero-order valence-corrected chi connectivity index (χ0v) is 12.0. The van der Waals surface area contributed by atoms with Gasteiger partial charge in [0.2, 0.25) is 0 Å². The normalized spacial score (nSPS) is 11.8. The van der Waals surface area contributed by atoms with Crippen molar-refractivity contribution in [2.45, 2.75) is 32.9 Å². The Morgan fingerprint density at radius 3 is 2.53 bits per heavy atom. The molecule has 4 heteroatoms. The SMILES string of the molecule is CCOC(C)(C)CNCc1ccc(Cl)c(Cl)c1. The fourth-order valence-corrected chi connectivity index (χ4v) is 1.92. The Labute approximate surface area is 113 Å². The standard InChI is InChI=1S/C13H19Cl2NO/c1-4-17-13(2,3)9-16-8-10-5-6-11(14)12(15)7-10/h5-7,16H,4,8-9H2,1-3H3. The maximum atomic E-state index is 5.95. The van der Waals surface area contributed by atoms with Crippen LogP contribution in [0.5, 0.6) is 0 Å². The molecule has 1 aromatic carbocycles. The molecule has 0 amide bonds. The predicted molar refractivity (Wildman–Crippen MR) is 73.9 cm³/mol. The van der Waals surface area contributed by atoms with Gasteiger partial charge in [-0.25, -0.2) is 0 Å². The van der Waals surface area contributed by atoms with Crippen LogP contribution in [0.2, 0.25) is 10.0 Å². The summed E-state index contributed by atoms with van der Waals surface area (Å²) in [5.74, 6) is 0. The molecule has 0 saturated heterocycles. The average molecular weight is 276 g/mol. The first-order chi connectivity index (χ1) is 7.94. The molecule has 0 heterocycles. The first-order valence-corrected chi connectivity index (χ1v) is 6.49. The van der Waals surface area contributed by atoms with Crippen LogP contribution in [-0.2, 0) is 11.3 Å². The Morgan fingerprint density at radius 1 is 1.24 bits per heavy atom. The van der Waals surface area contributed by atoms with Crippen LogP contribution in [0.15, 0.2) is 18.2 Å². The highest BCUT2D eigenvalue weighted by molar-refractivity contribution is 6.42. The molecule has 0 fully saturated rings. The van der Waals surface area contributed by atoms with E-state index in [9.17, 15) is 0 Å². The second-order valence-corrected chi connectivity index (χ2v) is 5.36. The molecule has 0 bridgehead atoms. The zero-order valence-electron chi connectivity index (χ0n) is 10.5. The van der Waals surface area contributed by atoms with Gasteiger partial charge in [-0.3, -0.25) is 0 Å². The Hall–Kier alpha value is -0.280. The van der Waals surface area contributed by atoms with Gasteiger partial charge in [-0.05, 0) is 38.5 Å². The van der Waals surface area contributed by atoms with Crippen molar-refractivity contribution in [3.05, 3.63) is 33.8 Å². The second kappa shape index (κ2) is 6.60. The van der Waals surface area contributed by atoms with Gasteiger partial charge in [0.05, 0.1) is 15.6 Å². The van der Waals surface area contributed by atoms with E-state index in [1.807, 2.05) is 25.1 Å². The summed E-state index contributed by atoms with van der Waals surface area (Å²) in [7, 11) is 0. The topological polar surface area (TPSA) is 21.3 Å². The van der Waals surface area contributed by atoms with E-state index in [0.717, 1.165) is 25.3 Å². The molecule has 0 atom stereocenters. The van der Waals surface area contributed by atoms with E-state index < -0.39 is 0 Å². The van der Waals surface area contributed by atoms with Gasteiger partial charge in [-0.15, -0.1) is 0 Å². The van der Waals surface area contributed by atoms with Crippen molar-refractivity contribution < 1.29 is 4.74 Å². The van der Waals surface area contributed by atoms with Crippen molar-refractivity contribution in [1.82, 2.24) is 5.32 Å². The number of hydrogen-bond acceptors (Lipinski definition) is 2. The van der Waals surface area contributed by atoms with Gasteiger partial charge < -0.3 is 10.1 Å². The van der Waals surface area contributed by atoms with Crippen LogP contribution in [0.3, 0.4) is 0 Å². The summed E-state index contributed by atoms with van der Waals surface area (Å²) in [5, 5.41) is 4.53. The molecule has 1 aromatic rings. The lowest BCUT2D eigenvalue weighted by Crippen LogP contribution is -2.37. The molecule has 0 aliphatic carbocycles. The van der Waals surface area contributed by atoms with E-state index in [-0.39, 0.29) is 5.60 Å². The summed E-state index contributed by atoms with van der Waals surface area (Å²) in [6, 6.07) is 5.66. The van der Waals surface area contributed by atoms with Gasteiger partial charge in [0.25, 0.3) is 0 Å². The molecule has 17 heavy (non-hydrogen) atoms. The lowest BCUT2D eigenvalue weighted by molar-refractivity contribution is -0.00897. The molecule has 1 rings (SSSR count). The van der Waals surface area contributed by atoms with Crippen molar-refractivity contribution in [2.24, 2.45) is 0 Å². The molecule has 0 radical (unpaired) electrons. The Kier molecular flexibility index (Phi) is 5.74. The monoisotopic (exact) mass is 275 g/mol. The largest absolute Gasteiger partial charge is 0.375 e. The van der Waals surface area contributed by atoms with Crippen LogP contribution in [0, 0.1) is 0 Å². The van der Waals surface area contributed by atoms with Crippen molar-refractivity contribution in [3.8, 4) is 0 Å². The van der Waals surface area contributed by atoms with E-state index in [0.29, 0.717) is 10.0 Å². The summed E-state index contributed by atoms with van der Waals surface area (Å²) in [4.78, 5) is 0. The van der Waals surface area contributed by atoms with Gasteiger partial charge in [-0.1, -0.05) is 29.3 Å². The average Bonchev–Trinajstić information content (AvgIpc) is 2.23. The van der Waals surface area contributed by atoms with E-state index in [1.165, 1.54) is 0 Å². The summed E-state index contributed by atoms with van der Waals surface area (Å²) >= 11 is 11.8. The molecular weight excluding hydrogens is 257 g/mol. The molecule has 0 aromatic heterocycles. The minimum atomic E-state index is -0.148. The Bertz CT molecular complexity index is 366. The Morgan fingerprint density at radius 2 is 1.94 bits per heavy atom. The highest BCUT2D eigenvalue weighted by atomic mass is 35.5. The smallest absolute Gasteiger partial charge is 0.0750 e. The first kappa shape index (κ1) is 14.8. The second-order valence-electron chi connectivity index (χ2n) is 4.54. The molecule has 0 unspecified atom stereocenters. The molecule has 0 aliphatic heterocycles. The van der Waals surface area contributed by atoms with Gasteiger partial charge in [-0.2, -0.15) is 0 Å². The highest BCUT2D eigenvalue weighted by Gasteiger charge is 2.16. The number of hydrogen-bond donors (Lipinski definition) is 1. The van der Waals surface area contributed by atoms with Crippen LogP contribution in [-0.4, -0.2) is 18.8 Å². The van der Waals surface area contributed by atoms with Crippen molar-refractivity contribution in [3.63, 3.8) is 0 Å². The van der Waals surface area contributed by atoms with Gasteiger partial charge in [0, 0.05) is 19.7 Å². The molecule has 0 saturated carbocycles. The van der Waals surface area contributed by atoms with Crippen molar-refractivity contribution in [1.29, 1.82) is 0 Å². The first-order valence-electron chi connectivity index (χ1n) is 5.73.